The largest absolute Gasteiger partial charge is 0.435 e. The second-order valence-corrected chi connectivity index (χ2v) is 9.30. The third-order valence-electron chi connectivity index (χ3n) is 6.87. The molecule has 2 aliphatic rings. The van der Waals surface area contributed by atoms with Crippen LogP contribution in [-0.4, -0.2) is 44.4 Å². The van der Waals surface area contributed by atoms with Gasteiger partial charge in [0, 0.05) is 48.6 Å². The number of oxime groups is 1. The van der Waals surface area contributed by atoms with Crippen LogP contribution in [0.4, 0.5) is 22.0 Å². The molecule has 0 bridgehead atoms. The number of piperidine rings is 1. The third kappa shape index (κ3) is 5.09. The maximum absolute atomic E-state index is 14.1. The molecule has 2 aliphatic heterocycles. The van der Waals surface area contributed by atoms with Gasteiger partial charge in [-0.2, -0.15) is 18.3 Å². The summed E-state index contributed by atoms with van der Waals surface area (Å²) in [7, 11) is 0. The summed E-state index contributed by atoms with van der Waals surface area (Å²) in [6.45, 7) is 2.16. The van der Waals surface area contributed by atoms with Gasteiger partial charge in [0.2, 0.25) is 5.91 Å². The summed E-state index contributed by atoms with van der Waals surface area (Å²) in [5.41, 5.74) is 1.41. The van der Waals surface area contributed by atoms with Crippen molar-refractivity contribution in [3.05, 3.63) is 76.4 Å². The van der Waals surface area contributed by atoms with Crippen LogP contribution in [0.2, 0.25) is 0 Å². The first-order chi connectivity index (χ1) is 17.6. The van der Waals surface area contributed by atoms with E-state index in [9.17, 15) is 26.7 Å². The van der Waals surface area contributed by atoms with Gasteiger partial charge in [-0.05, 0) is 44.0 Å². The number of amides is 1. The van der Waals surface area contributed by atoms with E-state index < -0.39 is 29.6 Å². The molecule has 1 atom stereocenters. The van der Waals surface area contributed by atoms with E-state index in [1.807, 2.05) is 6.07 Å². The number of aryl methyl sites for hydroxylation is 1. The van der Waals surface area contributed by atoms with E-state index in [1.165, 1.54) is 25.1 Å². The molecule has 4 heterocycles. The van der Waals surface area contributed by atoms with Crippen LogP contribution in [0.15, 0.2) is 41.7 Å². The van der Waals surface area contributed by atoms with Crippen molar-refractivity contribution >= 4 is 11.6 Å². The van der Waals surface area contributed by atoms with Crippen LogP contribution >= 0.6 is 0 Å². The molecule has 196 valence electrons. The molecule has 0 aliphatic carbocycles. The van der Waals surface area contributed by atoms with Gasteiger partial charge in [0.05, 0.1) is 11.3 Å². The number of nitrogens with one attached hydrogen (secondary N) is 1. The highest BCUT2D eigenvalue weighted by atomic mass is 19.4. The van der Waals surface area contributed by atoms with Crippen molar-refractivity contribution in [2.45, 2.75) is 50.9 Å². The van der Waals surface area contributed by atoms with E-state index in [1.54, 1.807) is 11.1 Å². The number of likely N-dealkylation sites (tertiary alicyclic amines) is 1. The minimum absolute atomic E-state index is 0.142. The summed E-state index contributed by atoms with van der Waals surface area (Å²) in [6, 6.07) is 6.51. The van der Waals surface area contributed by atoms with E-state index in [0.29, 0.717) is 31.6 Å². The summed E-state index contributed by atoms with van der Waals surface area (Å²) < 4.78 is 68.0. The molecule has 1 amide bonds. The number of halogens is 5. The highest BCUT2D eigenvalue weighted by molar-refractivity contribution is 6.01. The van der Waals surface area contributed by atoms with Gasteiger partial charge in [0.25, 0.3) is 0 Å². The minimum Gasteiger partial charge on any atom is -0.387 e. The van der Waals surface area contributed by atoms with Gasteiger partial charge in [-0.25, -0.2) is 8.78 Å². The van der Waals surface area contributed by atoms with Crippen molar-refractivity contribution in [1.82, 2.24) is 19.7 Å². The average molecular weight is 521 g/mol. The molecule has 1 N–H and O–H groups in total. The summed E-state index contributed by atoms with van der Waals surface area (Å²) in [4.78, 5) is 22.9. The Morgan fingerprint density at radius 1 is 1.16 bits per heavy atom. The number of aromatic nitrogens is 3. The van der Waals surface area contributed by atoms with E-state index in [-0.39, 0.29) is 36.0 Å². The molecule has 0 radical (unpaired) electrons. The topological polar surface area (TPSA) is 75.5 Å². The Bertz CT molecular complexity index is 1320. The lowest BCUT2D eigenvalue weighted by Crippen LogP contribution is -2.40. The van der Waals surface area contributed by atoms with Crippen molar-refractivity contribution in [2.24, 2.45) is 5.16 Å². The van der Waals surface area contributed by atoms with Crippen LogP contribution in [0.25, 0.3) is 0 Å². The number of benzene rings is 1. The highest BCUT2D eigenvalue weighted by Crippen LogP contribution is 2.34. The van der Waals surface area contributed by atoms with Crippen LogP contribution in [0, 0.1) is 18.6 Å². The average Bonchev–Trinajstić information content (AvgIpc) is 3.59. The summed E-state index contributed by atoms with van der Waals surface area (Å²) in [6.07, 6.45) is -2.06. The Balaban J connectivity index is 1.17. The lowest BCUT2D eigenvalue weighted by Gasteiger charge is -2.31. The highest BCUT2D eigenvalue weighted by Gasteiger charge is 2.35. The van der Waals surface area contributed by atoms with E-state index >= 15 is 0 Å². The van der Waals surface area contributed by atoms with Gasteiger partial charge in [-0.1, -0.05) is 11.2 Å². The second-order valence-electron chi connectivity index (χ2n) is 9.30. The molecule has 12 heteroatoms. The quantitative estimate of drug-likeness (QED) is 0.476. The Hall–Kier alpha value is -3.70. The van der Waals surface area contributed by atoms with E-state index in [4.69, 9.17) is 4.84 Å². The minimum atomic E-state index is -4.56. The first kappa shape index (κ1) is 25.0. The van der Waals surface area contributed by atoms with Crippen LogP contribution in [-0.2, 0) is 22.4 Å². The van der Waals surface area contributed by atoms with Crippen molar-refractivity contribution in [1.29, 1.82) is 0 Å². The summed E-state index contributed by atoms with van der Waals surface area (Å²) in [5.74, 6) is -1.50. The number of carbonyl (C=O) groups excluding carboxylic acids is 1. The standard InChI is InChI=1S/C25H24F5N5O2/c1-14-9-22(25(28,29)30)32-35(14)13-23(36)34-7-5-15(6-8-34)19-10-16(12-31-19)20-11-21(37-33-20)24-17(26)3-2-4-18(24)27/h2-4,9-10,12,15,21,31H,5-8,11,13H2,1H3. The number of aromatic amines is 1. The van der Waals surface area contributed by atoms with Gasteiger partial charge in [0.1, 0.15) is 18.2 Å². The number of nitrogens with zero attached hydrogens (tertiary/aromatic N) is 4. The molecule has 7 nitrogen and oxygen atoms in total. The molecular weight excluding hydrogens is 497 g/mol. The third-order valence-corrected chi connectivity index (χ3v) is 6.87. The van der Waals surface area contributed by atoms with E-state index in [0.717, 1.165) is 22.0 Å². The number of hydrogen-bond donors (Lipinski definition) is 1. The predicted molar refractivity (Wildman–Crippen MR) is 123 cm³/mol. The van der Waals surface area contributed by atoms with Crippen LogP contribution in [0.3, 0.4) is 0 Å². The molecular formula is C25H24F5N5O2. The Morgan fingerprint density at radius 3 is 2.51 bits per heavy atom. The summed E-state index contributed by atoms with van der Waals surface area (Å²) >= 11 is 0. The number of H-pyrrole nitrogens is 1. The maximum Gasteiger partial charge on any atom is 0.435 e. The molecule has 1 saturated heterocycles. The van der Waals surface area contributed by atoms with Crippen molar-refractivity contribution in [2.75, 3.05) is 13.1 Å². The molecule has 2 aromatic heterocycles. The lowest BCUT2D eigenvalue weighted by molar-refractivity contribution is -0.142. The number of carbonyl (C=O) groups is 1. The van der Waals surface area contributed by atoms with Crippen LogP contribution in [0.1, 0.15) is 59.5 Å². The monoisotopic (exact) mass is 521 g/mol. The molecule has 0 saturated carbocycles. The number of hydrogen-bond acceptors (Lipinski definition) is 4. The number of alkyl halides is 3. The van der Waals surface area contributed by atoms with Crippen molar-refractivity contribution < 1.29 is 31.6 Å². The van der Waals surface area contributed by atoms with Crippen molar-refractivity contribution in [3.8, 4) is 0 Å². The normalized spacial score (nSPS) is 18.7. The zero-order valence-corrected chi connectivity index (χ0v) is 19.9. The smallest absolute Gasteiger partial charge is 0.387 e. The van der Waals surface area contributed by atoms with E-state index in [2.05, 4.69) is 15.2 Å². The maximum atomic E-state index is 14.1. The molecule has 5 rings (SSSR count). The molecule has 0 spiro atoms. The lowest BCUT2D eigenvalue weighted by atomic mass is 9.93. The fourth-order valence-corrected chi connectivity index (χ4v) is 4.81. The van der Waals surface area contributed by atoms with Gasteiger partial charge in [-0.15, -0.1) is 0 Å². The number of rotatable bonds is 5. The molecule has 37 heavy (non-hydrogen) atoms. The summed E-state index contributed by atoms with van der Waals surface area (Å²) in [5, 5.41) is 7.56. The zero-order valence-electron chi connectivity index (χ0n) is 19.9. The van der Waals surface area contributed by atoms with Gasteiger partial charge in [0.15, 0.2) is 11.8 Å². The SMILES string of the molecule is Cc1cc(C(F)(F)F)nn1CC(=O)N1CCC(c2cc(C3=NOC(c4c(F)cccc4F)C3)c[nH]2)CC1. The fourth-order valence-electron chi connectivity index (χ4n) is 4.81. The first-order valence-electron chi connectivity index (χ1n) is 11.8. The zero-order chi connectivity index (χ0) is 26.3. The van der Waals surface area contributed by atoms with Gasteiger partial charge in [-0.3, -0.25) is 9.48 Å². The Morgan fingerprint density at radius 2 is 1.86 bits per heavy atom. The Labute approximate surface area is 208 Å². The first-order valence-corrected chi connectivity index (χ1v) is 11.8. The Kier molecular flexibility index (Phi) is 6.50. The second kappa shape index (κ2) is 9.64. The van der Waals surface area contributed by atoms with Gasteiger partial charge >= 0.3 is 6.18 Å². The fraction of sp³-hybridized carbons (Fsp3) is 0.400. The van der Waals surface area contributed by atoms with Crippen molar-refractivity contribution in [3.63, 3.8) is 0 Å². The van der Waals surface area contributed by atoms with Crippen LogP contribution < -0.4 is 0 Å². The molecule has 3 aromatic rings. The molecule has 1 fully saturated rings. The van der Waals surface area contributed by atoms with Gasteiger partial charge < -0.3 is 14.7 Å². The predicted octanol–water partition coefficient (Wildman–Crippen LogP) is 5.09. The van der Waals surface area contributed by atoms with Crippen LogP contribution in [0.5, 0.6) is 0 Å². The molecule has 1 aromatic carbocycles. The molecule has 1 unspecified atom stereocenters.